The first kappa shape index (κ1) is 23.2. The minimum atomic E-state index is 0. The zero-order valence-corrected chi connectivity index (χ0v) is 17.7. The van der Waals surface area contributed by atoms with E-state index in [1.165, 1.54) is 0 Å². The van der Waals surface area contributed by atoms with Crippen molar-refractivity contribution < 1.29 is 9.15 Å². The van der Waals surface area contributed by atoms with Crippen molar-refractivity contribution >= 4 is 29.9 Å². The summed E-state index contributed by atoms with van der Waals surface area (Å²) >= 11 is 0. The number of nitrogens with one attached hydrogen (secondary N) is 2. The maximum Gasteiger partial charge on any atom is 0.191 e. The standard InChI is InChI=1S/C17H32N4O2.HI/c1-5-18-17(20-10-11-21(4)15(2)3)19-9-7-12-22-14-16-8-6-13-23-16;/h6,8,13,15H,5,7,9-12,14H2,1-4H3,(H2,18,19,20);1H. The van der Waals surface area contributed by atoms with Crippen LogP contribution in [0.15, 0.2) is 27.8 Å². The van der Waals surface area contributed by atoms with Gasteiger partial charge in [0.2, 0.25) is 0 Å². The van der Waals surface area contributed by atoms with E-state index in [1.807, 2.05) is 12.1 Å². The van der Waals surface area contributed by atoms with Gasteiger partial charge in [-0.25, -0.2) is 0 Å². The van der Waals surface area contributed by atoms with Gasteiger partial charge in [-0.15, -0.1) is 24.0 Å². The van der Waals surface area contributed by atoms with Gasteiger partial charge in [-0.2, -0.15) is 0 Å². The molecule has 7 heteroatoms. The molecule has 1 heterocycles. The monoisotopic (exact) mass is 452 g/mol. The number of halogens is 1. The number of hydrogen-bond acceptors (Lipinski definition) is 4. The van der Waals surface area contributed by atoms with Crippen molar-refractivity contribution in [3.63, 3.8) is 0 Å². The number of hydrogen-bond donors (Lipinski definition) is 2. The molecule has 0 radical (unpaired) electrons. The van der Waals surface area contributed by atoms with Gasteiger partial charge in [0.05, 0.1) is 6.26 Å². The van der Waals surface area contributed by atoms with Crippen LogP contribution < -0.4 is 10.6 Å². The fourth-order valence-electron chi connectivity index (χ4n) is 1.88. The minimum Gasteiger partial charge on any atom is -0.467 e. The Hall–Kier alpha value is -0.800. The number of guanidine groups is 1. The van der Waals surface area contributed by atoms with Gasteiger partial charge in [-0.1, -0.05) is 0 Å². The Kier molecular flexibility index (Phi) is 14.1. The molecule has 1 aromatic rings. The van der Waals surface area contributed by atoms with Crippen molar-refractivity contribution in [1.82, 2.24) is 15.5 Å². The lowest BCUT2D eigenvalue weighted by Crippen LogP contribution is -2.42. The average Bonchev–Trinajstić information content (AvgIpc) is 3.03. The van der Waals surface area contributed by atoms with E-state index in [1.54, 1.807) is 6.26 Å². The molecule has 6 nitrogen and oxygen atoms in total. The van der Waals surface area contributed by atoms with Crippen molar-refractivity contribution in [3.05, 3.63) is 24.2 Å². The molecule has 1 aromatic heterocycles. The lowest BCUT2D eigenvalue weighted by Gasteiger charge is -2.21. The zero-order valence-electron chi connectivity index (χ0n) is 15.4. The molecule has 0 amide bonds. The molecule has 1 rings (SSSR count). The highest BCUT2D eigenvalue weighted by Gasteiger charge is 2.03. The number of nitrogens with zero attached hydrogens (tertiary/aromatic N) is 2. The topological polar surface area (TPSA) is 62.0 Å². The van der Waals surface area contributed by atoms with Crippen LogP contribution in [0.3, 0.4) is 0 Å². The fourth-order valence-corrected chi connectivity index (χ4v) is 1.88. The highest BCUT2D eigenvalue weighted by Crippen LogP contribution is 2.01. The van der Waals surface area contributed by atoms with Crippen LogP contribution >= 0.6 is 24.0 Å². The molecule has 0 aliphatic carbocycles. The Bertz CT molecular complexity index is 424. The van der Waals surface area contributed by atoms with E-state index in [0.717, 1.165) is 44.3 Å². The first-order chi connectivity index (χ1) is 11.1. The molecule has 0 fully saturated rings. The van der Waals surface area contributed by atoms with E-state index < -0.39 is 0 Å². The third-order valence-electron chi connectivity index (χ3n) is 3.52. The molecule has 0 saturated carbocycles. The van der Waals surface area contributed by atoms with Crippen molar-refractivity contribution in [2.75, 3.05) is 39.8 Å². The fraction of sp³-hybridized carbons (Fsp3) is 0.706. The van der Waals surface area contributed by atoms with Gasteiger partial charge < -0.3 is 24.7 Å². The first-order valence-corrected chi connectivity index (χ1v) is 8.46. The highest BCUT2D eigenvalue weighted by atomic mass is 127. The Labute approximate surface area is 163 Å². The average molecular weight is 452 g/mol. The van der Waals surface area contributed by atoms with Crippen LogP contribution in [0, 0.1) is 0 Å². The van der Waals surface area contributed by atoms with Crippen LogP contribution in [0.4, 0.5) is 0 Å². The molecular weight excluding hydrogens is 419 g/mol. The molecule has 0 unspecified atom stereocenters. The number of likely N-dealkylation sites (N-methyl/N-ethyl adjacent to an activating group) is 1. The summed E-state index contributed by atoms with van der Waals surface area (Å²) in [7, 11) is 2.13. The second-order valence-corrected chi connectivity index (χ2v) is 5.75. The lowest BCUT2D eigenvalue weighted by molar-refractivity contribution is 0.105. The summed E-state index contributed by atoms with van der Waals surface area (Å²) < 4.78 is 10.8. The van der Waals surface area contributed by atoms with E-state index >= 15 is 0 Å². The molecule has 24 heavy (non-hydrogen) atoms. The van der Waals surface area contributed by atoms with Gasteiger partial charge in [0, 0.05) is 38.8 Å². The largest absolute Gasteiger partial charge is 0.467 e. The lowest BCUT2D eigenvalue weighted by atomic mass is 10.3. The van der Waals surface area contributed by atoms with Gasteiger partial charge in [-0.3, -0.25) is 4.99 Å². The third kappa shape index (κ3) is 10.9. The number of aliphatic imine (C=N–C) groups is 1. The SMILES string of the molecule is CCNC(=NCCCOCc1ccco1)NCCN(C)C(C)C.I. The normalized spacial score (nSPS) is 11.7. The van der Waals surface area contributed by atoms with Gasteiger partial charge >= 0.3 is 0 Å². The maximum absolute atomic E-state index is 5.55. The molecule has 0 bridgehead atoms. The van der Waals surface area contributed by atoms with Crippen molar-refractivity contribution in [3.8, 4) is 0 Å². The summed E-state index contributed by atoms with van der Waals surface area (Å²) in [6.45, 7) is 11.2. The van der Waals surface area contributed by atoms with E-state index in [2.05, 4.69) is 48.3 Å². The zero-order chi connectivity index (χ0) is 16.9. The quantitative estimate of drug-likeness (QED) is 0.234. The molecular formula is C17H33IN4O2. The van der Waals surface area contributed by atoms with Gasteiger partial charge in [-0.05, 0) is 46.4 Å². The van der Waals surface area contributed by atoms with Crippen LogP contribution in [-0.2, 0) is 11.3 Å². The van der Waals surface area contributed by atoms with E-state index in [0.29, 0.717) is 19.3 Å². The third-order valence-corrected chi connectivity index (χ3v) is 3.52. The Morgan fingerprint density at radius 1 is 1.38 bits per heavy atom. The maximum atomic E-state index is 5.55. The van der Waals surface area contributed by atoms with Crippen LogP contribution in [0.5, 0.6) is 0 Å². The second-order valence-electron chi connectivity index (χ2n) is 5.75. The Balaban J connectivity index is 0.00000529. The van der Waals surface area contributed by atoms with Crippen LogP contribution in [0.1, 0.15) is 33.0 Å². The van der Waals surface area contributed by atoms with E-state index in [4.69, 9.17) is 9.15 Å². The van der Waals surface area contributed by atoms with Gasteiger partial charge in [0.1, 0.15) is 12.4 Å². The molecule has 0 aliphatic rings. The summed E-state index contributed by atoms with van der Waals surface area (Å²) in [5.41, 5.74) is 0. The predicted molar refractivity (Wildman–Crippen MR) is 110 cm³/mol. The Morgan fingerprint density at radius 2 is 2.17 bits per heavy atom. The van der Waals surface area contributed by atoms with Gasteiger partial charge in [0.15, 0.2) is 5.96 Å². The first-order valence-electron chi connectivity index (χ1n) is 8.46. The van der Waals surface area contributed by atoms with E-state index in [-0.39, 0.29) is 24.0 Å². The summed E-state index contributed by atoms with van der Waals surface area (Å²) in [6, 6.07) is 4.34. The smallest absolute Gasteiger partial charge is 0.191 e. The van der Waals surface area contributed by atoms with Crippen LogP contribution in [0.25, 0.3) is 0 Å². The molecule has 0 atom stereocenters. The Morgan fingerprint density at radius 3 is 2.79 bits per heavy atom. The molecule has 0 spiro atoms. The summed E-state index contributed by atoms with van der Waals surface area (Å²) in [5, 5.41) is 6.62. The minimum absolute atomic E-state index is 0. The number of ether oxygens (including phenoxy) is 1. The molecule has 0 aromatic carbocycles. The number of rotatable bonds is 11. The van der Waals surface area contributed by atoms with Crippen molar-refractivity contribution in [2.24, 2.45) is 4.99 Å². The molecule has 0 aliphatic heterocycles. The molecule has 140 valence electrons. The summed E-state index contributed by atoms with van der Waals surface area (Å²) in [6.07, 6.45) is 2.55. The van der Waals surface area contributed by atoms with E-state index in [9.17, 15) is 0 Å². The van der Waals surface area contributed by atoms with Crippen LogP contribution in [0.2, 0.25) is 0 Å². The number of furan rings is 1. The van der Waals surface area contributed by atoms with Crippen molar-refractivity contribution in [1.29, 1.82) is 0 Å². The molecule has 0 saturated heterocycles. The summed E-state index contributed by atoms with van der Waals surface area (Å²) in [5.74, 6) is 1.73. The second kappa shape index (κ2) is 14.5. The van der Waals surface area contributed by atoms with Gasteiger partial charge in [0.25, 0.3) is 0 Å². The molecule has 2 N–H and O–H groups in total. The predicted octanol–water partition coefficient (Wildman–Crippen LogP) is 2.70. The highest BCUT2D eigenvalue weighted by molar-refractivity contribution is 14.0. The summed E-state index contributed by atoms with van der Waals surface area (Å²) in [4.78, 5) is 6.87. The van der Waals surface area contributed by atoms with Crippen LogP contribution in [-0.4, -0.2) is 56.7 Å². The van der Waals surface area contributed by atoms with Crippen molar-refractivity contribution in [2.45, 2.75) is 39.8 Å².